The molecule has 15 nitrogen and oxygen atoms in total. The van der Waals surface area contributed by atoms with Gasteiger partial charge in [-0.2, -0.15) is 0 Å². The van der Waals surface area contributed by atoms with E-state index in [2.05, 4.69) is 0 Å². The standard InChI is InChI=1S/C11H20N2O6.C11H19NO6.2W/c1-11(2,10(16)17)19-9(15)7-13(3)4-5-18-8(14)6-12;1-8(13)17-6-5-12(4)7-9(14)18-11(2,3)10(15)16;;/h4-7,12H2,1-3H3,(H,16,17);5-7H2,1-4H3,(H,15,16);;. The van der Waals surface area contributed by atoms with Gasteiger partial charge in [0.05, 0.1) is 19.6 Å². The zero-order valence-electron chi connectivity index (χ0n) is 23.2. The third-order valence-corrected chi connectivity index (χ3v) is 4.25. The van der Waals surface area contributed by atoms with Crippen molar-refractivity contribution in [3.63, 3.8) is 0 Å². The van der Waals surface area contributed by atoms with Crippen molar-refractivity contribution < 1.29 is 100 Å². The predicted octanol–water partition coefficient (Wildman–Crippen LogP) is -1.29. The van der Waals surface area contributed by atoms with Gasteiger partial charge in [0, 0.05) is 62.1 Å². The Morgan fingerprint density at radius 2 is 1.03 bits per heavy atom. The summed E-state index contributed by atoms with van der Waals surface area (Å²) in [5, 5.41) is 17.6. The van der Waals surface area contributed by atoms with Gasteiger partial charge in [-0.05, 0) is 41.8 Å². The Hall–Kier alpha value is -1.92. The Balaban J connectivity index is -0.000000299. The largest absolute Gasteiger partial charge is 0.478 e. The number of esters is 4. The fourth-order valence-corrected chi connectivity index (χ4v) is 2.04. The number of carbonyl (C=O) groups is 6. The summed E-state index contributed by atoms with van der Waals surface area (Å²) in [6, 6.07) is 0. The summed E-state index contributed by atoms with van der Waals surface area (Å²) in [7, 11) is 3.25. The zero-order valence-corrected chi connectivity index (χ0v) is 29.1. The van der Waals surface area contributed by atoms with Crippen molar-refractivity contribution in [3.05, 3.63) is 0 Å². The number of likely N-dealkylation sites (N-methyl/N-ethyl adjacent to an activating group) is 2. The molecule has 0 radical (unpaired) electrons. The van der Waals surface area contributed by atoms with Crippen LogP contribution >= 0.6 is 0 Å². The number of hydrogen-bond donors (Lipinski definition) is 3. The van der Waals surface area contributed by atoms with Crippen LogP contribution in [0, 0.1) is 0 Å². The molecule has 0 aliphatic heterocycles. The number of nitrogens with zero attached hydrogens (tertiary/aromatic N) is 2. The molecule has 0 fully saturated rings. The average molecular weight is 905 g/mol. The maximum absolute atomic E-state index is 11.5. The van der Waals surface area contributed by atoms with E-state index < -0.39 is 47.0 Å². The molecule has 0 aliphatic rings. The third kappa shape index (κ3) is 23.7. The maximum Gasteiger partial charge on any atom is 0.347 e. The first-order valence-electron chi connectivity index (χ1n) is 11.1. The van der Waals surface area contributed by atoms with E-state index in [9.17, 15) is 28.8 Å². The second-order valence-electron chi connectivity index (χ2n) is 8.82. The van der Waals surface area contributed by atoms with Crippen LogP contribution in [0.15, 0.2) is 0 Å². The first-order chi connectivity index (χ1) is 16.8. The summed E-state index contributed by atoms with van der Waals surface area (Å²) in [4.78, 5) is 68.8. The van der Waals surface area contributed by atoms with Crippen LogP contribution in [0.4, 0.5) is 0 Å². The van der Waals surface area contributed by atoms with Gasteiger partial charge in [0.1, 0.15) is 13.2 Å². The van der Waals surface area contributed by atoms with Crippen molar-refractivity contribution >= 4 is 35.8 Å². The number of carboxylic acid groups (broad SMARTS) is 2. The molecule has 0 bridgehead atoms. The minimum Gasteiger partial charge on any atom is -0.478 e. The number of rotatable bonds is 15. The summed E-state index contributed by atoms with van der Waals surface area (Å²) in [5.41, 5.74) is 1.94. The van der Waals surface area contributed by atoms with Gasteiger partial charge in [-0.15, -0.1) is 0 Å². The van der Waals surface area contributed by atoms with Crippen LogP contribution in [0.25, 0.3) is 0 Å². The quantitative estimate of drug-likeness (QED) is 0.129. The van der Waals surface area contributed by atoms with Gasteiger partial charge in [0.15, 0.2) is 0 Å². The van der Waals surface area contributed by atoms with Gasteiger partial charge in [-0.1, -0.05) is 0 Å². The van der Waals surface area contributed by atoms with Crippen molar-refractivity contribution in [1.82, 2.24) is 9.80 Å². The van der Waals surface area contributed by atoms with Crippen molar-refractivity contribution in [2.24, 2.45) is 5.73 Å². The van der Waals surface area contributed by atoms with Crippen molar-refractivity contribution in [1.29, 1.82) is 0 Å². The molecular formula is C22H39N3O12W2. The SMILES string of the molecule is CC(=O)OCCN(C)CC(=O)OC(C)(C)C(=O)O.CN(CCOC(=O)CN)CC(=O)OC(C)(C)C(=O)O.[W].[W]. The molecule has 0 rings (SSSR count). The Kier molecular flexibility index (Phi) is 24.7. The molecule has 0 atom stereocenters. The number of aliphatic carboxylic acids is 2. The van der Waals surface area contributed by atoms with E-state index in [0.717, 1.165) is 0 Å². The fourth-order valence-electron chi connectivity index (χ4n) is 2.04. The van der Waals surface area contributed by atoms with E-state index >= 15 is 0 Å². The van der Waals surface area contributed by atoms with Gasteiger partial charge in [-0.3, -0.25) is 29.0 Å². The van der Waals surface area contributed by atoms with E-state index in [1.54, 1.807) is 23.9 Å². The van der Waals surface area contributed by atoms with Crippen molar-refractivity contribution in [2.45, 2.75) is 45.8 Å². The molecule has 0 aromatic carbocycles. The number of carbonyl (C=O) groups excluding carboxylic acids is 4. The first-order valence-corrected chi connectivity index (χ1v) is 11.1. The summed E-state index contributed by atoms with van der Waals surface area (Å²) in [6.07, 6.45) is 0. The minimum absolute atomic E-state index is 0. The molecule has 0 unspecified atom stereocenters. The number of ether oxygens (including phenoxy) is 4. The molecule has 0 amide bonds. The van der Waals surface area contributed by atoms with E-state index in [1.165, 1.54) is 34.6 Å². The summed E-state index contributed by atoms with van der Waals surface area (Å²) in [5.74, 6) is -4.66. The summed E-state index contributed by atoms with van der Waals surface area (Å²) < 4.78 is 19.1. The topological polar surface area (TPSA) is 212 Å². The van der Waals surface area contributed by atoms with Gasteiger partial charge >= 0.3 is 35.8 Å². The monoisotopic (exact) mass is 905 g/mol. The molecule has 226 valence electrons. The molecule has 0 spiro atoms. The van der Waals surface area contributed by atoms with E-state index in [4.69, 9.17) is 34.9 Å². The second-order valence-corrected chi connectivity index (χ2v) is 8.82. The van der Waals surface area contributed by atoms with E-state index in [1.807, 2.05) is 0 Å². The molecule has 17 heteroatoms. The first kappa shape index (κ1) is 44.1. The van der Waals surface area contributed by atoms with Crippen LogP contribution in [0.1, 0.15) is 34.6 Å². The Bertz CT molecular complexity index is 809. The molecule has 0 saturated carbocycles. The van der Waals surface area contributed by atoms with Gasteiger partial charge in [0.2, 0.25) is 11.2 Å². The normalized spacial score (nSPS) is 10.6. The molecule has 0 aliphatic carbocycles. The zero-order chi connectivity index (χ0) is 29.4. The number of hydrogen-bond acceptors (Lipinski definition) is 13. The fraction of sp³-hybridized carbons (Fsp3) is 0.727. The molecule has 0 aromatic rings. The van der Waals surface area contributed by atoms with Crippen LogP contribution in [-0.4, -0.2) is 127 Å². The van der Waals surface area contributed by atoms with Crippen LogP contribution in [0.2, 0.25) is 0 Å². The molecule has 0 heterocycles. The second kappa shape index (κ2) is 21.8. The molecule has 0 saturated heterocycles. The molecular weight excluding hydrogens is 866 g/mol. The predicted molar refractivity (Wildman–Crippen MR) is 127 cm³/mol. The smallest absolute Gasteiger partial charge is 0.347 e. The average Bonchev–Trinajstić information content (AvgIpc) is 2.72. The van der Waals surface area contributed by atoms with Crippen molar-refractivity contribution in [3.8, 4) is 0 Å². The molecule has 0 aromatic heterocycles. The number of nitrogens with two attached hydrogens (primary N) is 1. The Labute approximate surface area is 256 Å². The van der Waals surface area contributed by atoms with Crippen LogP contribution in [0.5, 0.6) is 0 Å². The minimum atomic E-state index is -1.57. The van der Waals surface area contributed by atoms with Crippen LogP contribution in [0.3, 0.4) is 0 Å². The number of carboxylic acids is 2. The van der Waals surface area contributed by atoms with Gasteiger partial charge in [-0.25, -0.2) is 9.59 Å². The Morgan fingerprint density at radius 3 is 1.31 bits per heavy atom. The molecule has 39 heavy (non-hydrogen) atoms. The van der Waals surface area contributed by atoms with Crippen LogP contribution < -0.4 is 5.73 Å². The van der Waals surface area contributed by atoms with E-state index in [-0.39, 0.29) is 75.0 Å². The summed E-state index contributed by atoms with van der Waals surface area (Å²) in [6.45, 7) is 7.04. The van der Waals surface area contributed by atoms with Crippen LogP contribution in [-0.2, 0) is 89.8 Å². The summed E-state index contributed by atoms with van der Waals surface area (Å²) >= 11 is 0. The van der Waals surface area contributed by atoms with Gasteiger partial charge in [0.25, 0.3) is 0 Å². The van der Waals surface area contributed by atoms with Crippen molar-refractivity contribution in [2.75, 3.05) is 60.0 Å². The Morgan fingerprint density at radius 1 is 0.692 bits per heavy atom. The maximum atomic E-state index is 11.5. The third-order valence-electron chi connectivity index (χ3n) is 4.25. The van der Waals surface area contributed by atoms with Gasteiger partial charge < -0.3 is 34.9 Å². The molecule has 4 N–H and O–H groups in total. The van der Waals surface area contributed by atoms with E-state index in [0.29, 0.717) is 13.1 Å².